The number of rotatable bonds is 3. The zero-order chi connectivity index (χ0) is 12.3. The van der Waals surface area contributed by atoms with Crippen LogP contribution >= 0.6 is 0 Å². The summed E-state index contributed by atoms with van der Waals surface area (Å²) in [6.07, 6.45) is 0.543. The summed E-state index contributed by atoms with van der Waals surface area (Å²) in [4.78, 5) is 0. The van der Waals surface area contributed by atoms with Crippen molar-refractivity contribution in [2.45, 2.75) is 26.4 Å². The number of aliphatic hydroxyl groups excluding tert-OH is 1. The Morgan fingerprint density at radius 3 is 2.29 bits per heavy atom. The van der Waals surface area contributed by atoms with Crippen LogP contribution in [0, 0.1) is 0 Å². The van der Waals surface area contributed by atoms with E-state index in [9.17, 15) is 5.11 Å². The van der Waals surface area contributed by atoms with E-state index < -0.39 is 6.10 Å². The van der Waals surface area contributed by atoms with E-state index in [-0.39, 0.29) is 0 Å². The summed E-state index contributed by atoms with van der Waals surface area (Å²) in [5.74, 6) is 0. The van der Waals surface area contributed by atoms with Crippen molar-refractivity contribution in [3.8, 4) is 11.1 Å². The maximum absolute atomic E-state index is 9.89. The molecule has 2 rings (SSSR count). The average molecular weight is 226 g/mol. The fraction of sp³-hybridized carbons (Fsp3) is 0.250. The van der Waals surface area contributed by atoms with Crippen LogP contribution in [0.3, 0.4) is 0 Å². The lowest BCUT2D eigenvalue weighted by Crippen LogP contribution is -1.98. The van der Waals surface area contributed by atoms with E-state index >= 15 is 0 Å². The largest absolute Gasteiger partial charge is 0.389 e. The third-order valence-electron chi connectivity index (χ3n) is 3.08. The van der Waals surface area contributed by atoms with Crippen LogP contribution in [0.2, 0.25) is 0 Å². The van der Waals surface area contributed by atoms with E-state index in [1.807, 2.05) is 37.3 Å². The van der Waals surface area contributed by atoms with E-state index in [4.69, 9.17) is 0 Å². The van der Waals surface area contributed by atoms with Gasteiger partial charge in [0.2, 0.25) is 0 Å². The zero-order valence-corrected chi connectivity index (χ0v) is 10.4. The summed E-state index contributed by atoms with van der Waals surface area (Å²) in [6.45, 7) is 3.97. The fourth-order valence-electron chi connectivity index (χ4n) is 2.22. The van der Waals surface area contributed by atoms with Gasteiger partial charge >= 0.3 is 0 Å². The van der Waals surface area contributed by atoms with E-state index in [0.717, 1.165) is 12.0 Å². The molecule has 2 aromatic carbocycles. The van der Waals surface area contributed by atoms with Crippen LogP contribution in [-0.2, 0) is 6.42 Å². The van der Waals surface area contributed by atoms with Crippen LogP contribution in [0.15, 0.2) is 48.5 Å². The average Bonchev–Trinajstić information content (AvgIpc) is 2.38. The topological polar surface area (TPSA) is 20.2 Å². The third-order valence-corrected chi connectivity index (χ3v) is 3.08. The minimum Gasteiger partial charge on any atom is -0.389 e. The molecule has 1 nitrogen and oxygen atoms in total. The van der Waals surface area contributed by atoms with Gasteiger partial charge in [-0.05, 0) is 35.6 Å². The Balaban J connectivity index is 2.65. The van der Waals surface area contributed by atoms with E-state index in [1.54, 1.807) is 0 Å². The fourth-order valence-corrected chi connectivity index (χ4v) is 2.22. The molecule has 0 saturated heterocycles. The molecule has 2 aromatic rings. The second-order valence-electron chi connectivity index (χ2n) is 4.28. The van der Waals surface area contributed by atoms with Gasteiger partial charge in [0, 0.05) is 0 Å². The Bertz CT molecular complexity index is 486. The first-order chi connectivity index (χ1) is 8.24. The van der Waals surface area contributed by atoms with Crippen molar-refractivity contribution in [3.05, 3.63) is 59.7 Å². The van der Waals surface area contributed by atoms with Crippen LogP contribution in [0.5, 0.6) is 0 Å². The molecule has 1 atom stereocenters. The molecule has 0 bridgehead atoms. The summed E-state index contributed by atoms with van der Waals surface area (Å²) < 4.78 is 0. The smallest absolute Gasteiger partial charge is 0.0768 e. The molecule has 1 unspecified atom stereocenters. The van der Waals surface area contributed by atoms with Gasteiger partial charge in [0.1, 0.15) is 0 Å². The van der Waals surface area contributed by atoms with E-state index in [1.165, 1.54) is 16.7 Å². The predicted molar refractivity (Wildman–Crippen MR) is 71.9 cm³/mol. The molecule has 88 valence electrons. The summed E-state index contributed by atoms with van der Waals surface area (Å²) >= 11 is 0. The molecule has 0 heterocycles. The lowest BCUT2D eigenvalue weighted by atomic mass is 9.91. The van der Waals surface area contributed by atoms with Crippen molar-refractivity contribution in [2.24, 2.45) is 0 Å². The maximum Gasteiger partial charge on any atom is 0.0768 e. The van der Waals surface area contributed by atoms with Crippen molar-refractivity contribution in [1.29, 1.82) is 0 Å². The van der Waals surface area contributed by atoms with Crippen molar-refractivity contribution >= 4 is 0 Å². The number of aryl methyl sites for hydroxylation is 1. The molecule has 0 aliphatic rings. The Morgan fingerprint density at radius 1 is 1.00 bits per heavy atom. The van der Waals surface area contributed by atoms with Gasteiger partial charge in [-0.3, -0.25) is 0 Å². The van der Waals surface area contributed by atoms with Gasteiger partial charge in [-0.1, -0.05) is 55.5 Å². The highest BCUT2D eigenvalue weighted by atomic mass is 16.3. The van der Waals surface area contributed by atoms with Crippen LogP contribution in [0.4, 0.5) is 0 Å². The molecule has 0 radical (unpaired) electrons. The summed E-state index contributed by atoms with van der Waals surface area (Å²) in [7, 11) is 0. The van der Waals surface area contributed by atoms with Gasteiger partial charge in [-0.25, -0.2) is 0 Å². The number of benzene rings is 2. The first-order valence-corrected chi connectivity index (χ1v) is 6.09. The standard InChI is InChI=1S/C16H18O/c1-3-13-10-7-11-15(12(2)17)16(13)14-8-5-4-6-9-14/h4-12,17H,3H2,1-2H3. The number of aliphatic hydroxyl groups is 1. The lowest BCUT2D eigenvalue weighted by Gasteiger charge is -2.16. The molecular formula is C16H18O. The molecule has 0 aliphatic heterocycles. The first-order valence-electron chi connectivity index (χ1n) is 6.09. The first kappa shape index (κ1) is 11.9. The highest BCUT2D eigenvalue weighted by Crippen LogP contribution is 2.31. The molecule has 0 aliphatic carbocycles. The van der Waals surface area contributed by atoms with Gasteiger partial charge in [0.15, 0.2) is 0 Å². The molecule has 0 spiro atoms. The molecule has 1 heteroatoms. The van der Waals surface area contributed by atoms with Crippen molar-refractivity contribution < 1.29 is 5.11 Å². The molecule has 0 fully saturated rings. The lowest BCUT2D eigenvalue weighted by molar-refractivity contribution is 0.200. The van der Waals surface area contributed by atoms with Gasteiger partial charge in [-0.15, -0.1) is 0 Å². The molecule has 0 saturated carbocycles. The molecule has 0 amide bonds. The molecular weight excluding hydrogens is 208 g/mol. The second-order valence-corrected chi connectivity index (χ2v) is 4.28. The summed E-state index contributed by atoms with van der Waals surface area (Å²) in [6, 6.07) is 16.4. The van der Waals surface area contributed by atoms with Crippen molar-refractivity contribution in [2.75, 3.05) is 0 Å². The minimum absolute atomic E-state index is 0.434. The van der Waals surface area contributed by atoms with Gasteiger partial charge in [0.25, 0.3) is 0 Å². The zero-order valence-electron chi connectivity index (χ0n) is 10.4. The Kier molecular flexibility index (Phi) is 3.60. The van der Waals surface area contributed by atoms with Crippen LogP contribution in [0.1, 0.15) is 31.1 Å². The summed E-state index contributed by atoms with van der Waals surface area (Å²) in [5, 5.41) is 9.89. The van der Waals surface area contributed by atoms with Gasteiger partial charge in [0.05, 0.1) is 6.10 Å². The minimum atomic E-state index is -0.434. The van der Waals surface area contributed by atoms with Crippen LogP contribution in [0.25, 0.3) is 11.1 Å². The Labute approximate surface area is 103 Å². The number of hydrogen-bond donors (Lipinski definition) is 1. The van der Waals surface area contributed by atoms with Crippen molar-refractivity contribution in [3.63, 3.8) is 0 Å². The Morgan fingerprint density at radius 2 is 1.71 bits per heavy atom. The molecule has 17 heavy (non-hydrogen) atoms. The van der Waals surface area contributed by atoms with Crippen molar-refractivity contribution in [1.82, 2.24) is 0 Å². The third kappa shape index (κ3) is 2.40. The van der Waals surface area contributed by atoms with E-state index in [2.05, 4.69) is 25.1 Å². The predicted octanol–water partition coefficient (Wildman–Crippen LogP) is 3.97. The SMILES string of the molecule is CCc1cccc(C(C)O)c1-c1ccccc1. The normalized spacial score (nSPS) is 12.4. The quantitative estimate of drug-likeness (QED) is 0.839. The monoisotopic (exact) mass is 226 g/mol. The summed E-state index contributed by atoms with van der Waals surface area (Å²) in [5.41, 5.74) is 4.66. The highest BCUT2D eigenvalue weighted by Gasteiger charge is 2.12. The molecule has 1 N–H and O–H groups in total. The van der Waals surface area contributed by atoms with Crippen LogP contribution < -0.4 is 0 Å². The van der Waals surface area contributed by atoms with Gasteiger partial charge in [-0.2, -0.15) is 0 Å². The molecule has 0 aromatic heterocycles. The Hall–Kier alpha value is -1.60. The number of hydrogen-bond acceptors (Lipinski definition) is 1. The van der Waals surface area contributed by atoms with Gasteiger partial charge < -0.3 is 5.11 Å². The maximum atomic E-state index is 9.89. The van der Waals surface area contributed by atoms with E-state index in [0.29, 0.717) is 0 Å². The highest BCUT2D eigenvalue weighted by molar-refractivity contribution is 5.71. The van der Waals surface area contributed by atoms with Crippen LogP contribution in [-0.4, -0.2) is 5.11 Å². The second kappa shape index (κ2) is 5.15.